The van der Waals surface area contributed by atoms with E-state index in [1.54, 1.807) is 0 Å². The fourth-order valence-electron chi connectivity index (χ4n) is 1.83. The lowest BCUT2D eigenvalue weighted by molar-refractivity contribution is -0.134. The predicted molar refractivity (Wildman–Crippen MR) is 110 cm³/mol. The average molecular weight is 442 g/mol. The molecule has 0 bridgehead atoms. The summed E-state index contributed by atoms with van der Waals surface area (Å²) in [6.07, 6.45) is 2.23. The van der Waals surface area contributed by atoms with Crippen LogP contribution in [0.5, 0.6) is 0 Å². The Balaban J connectivity index is 0.000000483. The molecule has 14 heteroatoms. The molecule has 31 heavy (non-hydrogen) atoms. The van der Waals surface area contributed by atoms with Gasteiger partial charge in [0.15, 0.2) is 11.9 Å². The monoisotopic (exact) mass is 442 g/mol. The highest BCUT2D eigenvalue weighted by molar-refractivity contribution is 5.90. The van der Waals surface area contributed by atoms with Crippen LogP contribution in [-0.4, -0.2) is 95.0 Å². The van der Waals surface area contributed by atoms with E-state index in [1.165, 1.54) is 0 Å². The molecule has 0 amide bonds. The Kier molecular flexibility index (Phi) is 13.7. The highest BCUT2D eigenvalue weighted by Gasteiger charge is 2.10. The van der Waals surface area contributed by atoms with Crippen molar-refractivity contribution in [1.82, 2.24) is 21.3 Å². The lowest BCUT2D eigenvalue weighted by Gasteiger charge is -2.16. The quantitative estimate of drug-likeness (QED) is 0.199. The second-order valence-corrected chi connectivity index (χ2v) is 5.76. The van der Waals surface area contributed by atoms with Gasteiger partial charge in [0.05, 0.1) is 13.1 Å². The molecule has 1 atom stereocenters. The third-order valence-corrected chi connectivity index (χ3v) is 3.04. The molecule has 8 N–H and O–H groups in total. The Morgan fingerprint density at radius 2 is 1.23 bits per heavy atom. The van der Waals surface area contributed by atoms with Gasteiger partial charge in [-0.25, -0.2) is 19.2 Å². The molecular formula is C17H26N6O8. The van der Waals surface area contributed by atoms with Crippen LogP contribution in [0.4, 0.5) is 0 Å². The number of hydrogen-bond acceptors (Lipinski definition) is 10. The maximum Gasteiger partial charge on any atom is 0.328 e. The minimum Gasteiger partial charge on any atom is -0.478 e. The Bertz CT molecular complexity index is 681. The van der Waals surface area contributed by atoms with Crippen LogP contribution >= 0.6 is 0 Å². The van der Waals surface area contributed by atoms with Gasteiger partial charge in [-0.05, 0) is 6.92 Å². The minimum absolute atomic E-state index is 0.333. The van der Waals surface area contributed by atoms with Crippen LogP contribution in [0.1, 0.15) is 6.92 Å². The number of nitrogens with one attached hydrogen (secondary N) is 4. The molecule has 0 fully saturated rings. The number of carboxylic acids is 4. The number of guanidine groups is 2. The van der Waals surface area contributed by atoms with Crippen molar-refractivity contribution in [1.29, 1.82) is 0 Å². The number of rotatable bonds is 7. The molecule has 0 aromatic carbocycles. The van der Waals surface area contributed by atoms with Crippen LogP contribution < -0.4 is 21.3 Å². The van der Waals surface area contributed by atoms with Gasteiger partial charge in [0.25, 0.3) is 0 Å². The first-order chi connectivity index (χ1) is 14.6. The third kappa shape index (κ3) is 17.7. The molecular weight excluding hydrogens is 416 g/mol. The second kappa shape index (κ2) is 15.8. The molecule has 0 aromatic rings. The zero-order chi connectivity index (χ0) is 23.6. The van der Waals surface area contributed by atoms with E-state index < -0.39 is 23.9 Å². The van der Waals surface area contributed by atoms with Crippen molar-refractivity contribution in [3.8, 4) is 0 Å². The van der Waals surface area contributed by atoms with Crippen molar-refractivity contribution in [3.63, 3.8) is 0 Å². The van der Waals surface area contributed by atoms with Gasteiger partial charge in [-0.1, -0.05) is 0 Å². The molecule has 172 valence electrons. The van der Waals surface area contributed by atoms with E-state index >= 15 is 0 Å². The molecule has 2 rings (SSSR count). The Labute approximate surface area is 177 Å². The summed E-state index contributed by atoms with van der Waals surface area (Å²) in [5.41, 5.74) is 0. The van der Waals surface area contributed by atoms with Crippen molar-refractivity contribution in [2.75, 3.05) is 32.7 Å². The lowest BCUT2D eigenvalue weighted by Crippen LogP contribution is -2.47. The number of aliphatic imine (C=N–C) groups is 2. The van der Waals surface area contributed by atoms with Crippen LogP contribution in [0.2, 0.25) is 0 Å². The van der Waals surface area contributed by atoms with E-state index in [0.717, 1.165) is 44.6 Å². The zero-order valence-electron chi connectivity index (χ0n) is 16.7. The van der Waals surface area contributed by atoms with Crippen LogP contribution in [0.3, 0.4) is 0 Å². The van der Waals surface area contributed by atoms with Crippen LogP contribution in [0.25, 0.3) is 0 Å². The van der Waals surface area contributed by atoms with Crippen LogP contribution in [0.15, 0.2) is 34.3 Å². The van der Waals surface area contributed by atoms with Gasteiger partial charge >= 0.3 is 23.9 Å². The van der Waals surface area contributed by atoms with Gasteiger partial charge in [0.1, 0.15) is 0 Å². The van der Waals surface area contributed by atoms with E-state index in [9.17, 15) is 19.2 Å². The normalized spacial score (nSPS) is 15.1. The summed E-state index contributed by atoms with van der Waals surface area (Å²) >= 11 is 0. The van der Waals surface area contributed by atoms with Crippen molar-refractivity contribution < 1.29 is 39.6 Å². The molecule has 1 unspecified atom stereocenters. The SMILES string of the molecule is CC(CNC1=NCCN1)NC1=NCCN1.O=C(O)/C=C/C(=O)O.O=C(O)/C=C/C(=O)O. The van der Waals surface area contributed by atoms with Crippen LogP contribution in [0, 0.1) is 0 Å². The third-order valence-electron chi connectivity index (χ3n) is 3.04. The molecule has 0 saturated carbocycles. The number of carboxylic acid groups (broad SMARTS) is 4. The van der Waals surface area contributed by atoms with Gasteiger partial charge in [0, 0.05) is 50.0 Å². The minimum atomic E-state index is -1.26. The number of carbonyl (C=O) groups is 4. The van der Waals surface area contributed by atoms with Gasteiger partial charge in [-0.3, -0.25) is 9.98 Å². The molecule has 2 aliphatic rings. The number of nitrogens with zero attached hydrogens (tertiary/aromatic N) is 2. The van der Waals surface area contributed by atoms with Crippen molar-refractivity contribution >= 4 is 35.8 Å². The highest BCUT2D eigenvalue weighted by atomic mass is 16.4. The summed E-state index contributed by atoms with van der Waals surface area (Å²) in [6, 6.07) is 0.333. The van der Waals surface area contributed by atoms with Gasteiger partial charge < -0.3 is 41.7 Å². The average Bonchev–Trinajstić information content (AvgIpc) is 3.38. The summed E-state index contributed by atoms with van der Waals surface area (Å²) < 4.78 is 0. The largest absolute Gasteiger partial charge is 0.478 e. The van der Waals surface area contributed by atoms with Crippen LogP contribution in [-0.2, 0) is 19.2 Å². The first kappa shape index (κ1) is 26.9. The molecule has 0 aliphatic carbocycles. The molecule has 0 aromatic heterocycles. The standard InChI is InChI=1S/C9H18N6.2C4H4O4/c1-7(15-9-12-4-5-13-9)6-14-8-10-2-3-11-8;2*5-3(6)1-2-4(7)8/h7H,2-6H2,1H3,(H2,10,11,14)(H2,12,13,15);2*1-2H,(H,5,6)(H,7,8)/b;2*2-1+. The summed E-state index contributed by atoms with van der Waals surface area (Å²) in [4.78, 5) is 46.8. The summed E-state index contributed by atoms with van der Waals surface area (Å²) in [5, 5.41) is 44.1. The van der Waals surface area contributed by atoms with Gasteiger partial charge in [-0.15, -0.1) is 0 Å². The van der Waals surface area contributed by atoms with Gasteiger partial charge in [0.2, 0.25) is 0 Å². The number of aliphatic carboxylic acids is 4. The van der Waals surface area contributed by atoms with E-state index in [1.807, 2.05) is 0 Å². The molecule has 0 saturated heterocycles. The smallest absolute Gasteiger partial charge is 0.328 e. The van der Waals surface area contributed by atoms with E-state index in [-0.39, 0.29) is 0 Å². The highest BCUT2D eigenvalue weighted by Crippen LogP contribution is 1.87. The Morgan fingerprint density at radius 3 is 1.55 bits per heavy atom. The Morgan fingerprint density at radius 1 is 0.839 bits per heavy atom. The maximum absolute atomic E-state index is 9.55. The maximum atomic E-state index is 9.55. The van der Waals surface area contributed by atoms with Gasteiger partial charge in [-0.2, -0.15) is 0 Å². The summed E-state index contributed by atoms with van der Waals surface area (Å²) in [5.74, 6) is -3.21. The van der Waals surface area contributed by atoms with E-state index in [4.69, 9.17) is 20.4 Å². The zero-order valence-corrected chi connectivity index (χ0v) is 16.7. The van der Waals surface area contributed by atoms with Crippen molar-refractivity contribution in [2.24, 2.45) is 9.98 Å². The topological polar surface area (TPSA) is 222 Å². The fourth-order valence-corrected chi connectivity index (χ4v) is 1.83. The molecule has 0 radical (unpaired) electrons. The summed E-state index contributed by atoms with van der Waals surface area (Å²) in [6.45, 7) is 6.59. The van der Waals surface area contributed by atoms with Crippen molar-refractivity contribution in [3.05, 3.63) is 24.3 Å². The lowest BCUT2D eigenvalue weighted by atomic mass is 10.3. The molecule has 14 nitrogen and oxygen atoms in total. The van der Waals surface area contributed by atoms with E-state index in [0.29, 0.717) is 30.3 Å². The first-order valence-corrected chi connectivity index (χ1v) is 8.95. The fraction of sp³-hybridized carbons (Fsp3) is 0.412. The first-order valence-electron chi connectivity index (χ1n) is 8.95. The predicted octanol–water partition coefficient (Wildman–Crippen LogP) is -2.10. The summed E-state index contributed by atoms with van der Waals surface area (Å²) in [7, 11) is 0. The Hall–Kier alpha value is -4.10. The van der Waals surface area contributed by atoms with Crippen molar-refractivity contribution in [2.45, 2.75) is 13.0 Å². The second-order valence-electron chi connectivity index (χ2n) is 5.76. The number of hydrogen-bond donors (Lipinski definition) is 8. The molecule has 0 spiro atoms. The molecule has 2 heterocycles. The van der Waals surface area contributed by atoms with E-state index in [2.05, 4.69) is 38.2 Å². The molecule has 2 aliphatic heterocycles.